The maximum absolute atomic E-state index is 11.3. The Morgan fingerprint density at radius 1 is 0.655 bits per heavy atom. The Bertz CT molecular complexity index is 1350. The molecule has 5 aromatic carbocycles. The molecular formula is C26H18N2O. The first-order valence-corrected chi connectivity index (χ1v) is 9.54. The first kappa shape index (κ1) is 17.3. The smallest absolute Gasteiger partial charge is 0.159 e. The van der Waals surface area contributed by atoms with Crippen molar-refractivity contribution < 1.29 is 4.79 Å². The third-order valence-electron chi connectivity index (χ3n) is 5.28. The lowest BCUT2D eigenvalue weighted by Gasteiger charge is -2.11. The van der Waals surface area contributed by atoms with Crippen LogP contribution in [0.5, 0.6) is 0 Å². The van der Waals surface area contributed by atoms with Crippen molar-refractivity contribution in [3.8, 4) is 0 Å². The minimum Gasteiger partial charge on any atom is -0.295 e. The molecule has 0 bridgehead atoms. The largest absolute Gasteiger partial charge is 0.295 e. The Kier molecular flexibility index (Phi) is 4.14. The van der Waals surface area contributed by atoms with E-state index in [1.54, 1.807) is 31.5 Å². The second-order valence-electron chi connectivity index (χ2n) is 7.22. The van der Waals surface area contributed by atoms with Gasteiger partial charge in [0.2, 0.25) is 0 Å². The molecule has 5 rings (SSSR count). The summed E-state index contributed by atoms with van der Waals surface area (Å²) in [7, 11) is 0. The van der Waals surface area contributed by atoms with Crippen LogP contribution in [-0.4, -0.2) is 18.2 Å². The van der Waals surface area contributed by atoms with Gasteiger partial charge in [-0.15, -0.1) is 0 Å². The van der Waals surface area contributed by atoms with Gasteiger partial charge in [0.1, 0.15) is 0 Å². The number of Topliss-reactive ketones (excluding diaryl/α,β-unsaturated/α-hetero) is 1. The van der Waals surface area contributed by atoms with Crippen LogP contribution >= 0.6 is 0 Å². The molecule has 0 saturated heterocycles. The number of carbonyl (C=O) groups excluding carboxylic acids is 1. The molecule has 0 saturated carbocycles. The fraction of sp³-hybridized carbons (Fsp3) is 0.0385. The summed E-state index contributed by atoms with van der Waals surface area (Å²) in [5.74, 6) is 0.0562. The number of benzene rings is 5. The van der Waals surface area contributed by atoms with Crippen molar-refractivity contribution in [2.45, 2.75) is 6.92 Å². The van der Waals surface area contributed by atoms with Crippen LogP contribution in [-0.2, 0) is 0 Å². The highest BCUT2D eigenvalue weighted by atomic mass is 16.1. The molecule has 3 heteroatoms. The quantitative estimate of drug-likeness (QED) is 0.159. The topological polar surface area (TPSA) is 41.8 Å². The average Bonchev–Trinajstić information content (AvgIpc) is 2.75. The van der Waals surface area contributed by atoms with E-state index in [0.29, 0.717) is 5.56 Å². The summed E-state index contributed by atoms with van der Waals surface area (Å²) in [4.78, 5) is 11.3. The lowest BCUT2D eigenvalue weighted by molar-refractivity contribution is 0.101. The fourth-order valence-electron chi connectivity index (χ4n) is 3.86. The molecule has 3 nitrogen and oxygen atoms in total. The van der Waals surface area contributed by atoms with Gasteiger partial charge < -0.3 is 0 Å². The molecule has 0 N–H and O–H groups in total. The highest BCUT2D eigenvalue weighted by Crippen LogP contribution is 2.34. The van der Waals surface area contributed by atoms with Crippen LogP contribution in [0, 0.1) is 0 Å². The number of hydrogen-bond acceptors (Lipinski definition) is 3. The molecule has 138 valence electrons. The molecule has 0 amide bonds. The Balaban J connectivity index is 1.46. The van der Waals surface area contributed by atoms with Gasteiger partial charge >= 0.3 is 0 Å². The van der Waals surface area contributed by atoms with E-state index < -0.39 is 0 Å². The fourth-order valence-corrected chi connectivity index (χ4v) is 3.86. The van der Waals surface area contributed by atoms with Crippen molar-refractivity contribution in [1.29, 1.82) is 0 Å². The second-order valence-corrected chi connectivity index (χ2v) is 7.22. The average molecular weight is 374 g/mol. The summed E-state index contributed by atoms with van der Waals surface area (Å²) in [6.07, 6.45) is 3.46. The lowest BCUT2D eigenvalue weighted by atomic mass is 9.93. The zero-order chi connectivity index (χ0) is 19.8. The highest BCUT2D eigenvalue weighted by Gasteiger charge is 2.08. The van der Waals surface area contributed by atoms with Crippen molar-refractivity contribution in [3.63, 3.8) is 0 Å². The molecule has 5 aromatic rings. The van der Waals surface area contributed by atoms with Crippen LogP contribution in [0.4, 0.5) is 0 Å². The van der Waals surface area contributed by atoms with Gasteiger partial charge in [-0.25, -0.2) is 0 Å². The van der Waals surface area contributed by atoms with Gasteiger partial charge in [0, 0.05) is 5.56 Å². The van der Waals surface area contributed by atoms with E-state index >= 15 is 0 Å². The van der Waals surface area contributed by atoms with Crippen molar-refractivity contribution in [2.75, 3.05) is 0 Å². The molecule has 0 radical (unpaired) electrons. The van der Waals surface area contributed by atoms with E-state index in [9.17, 15) is 4.79 Å². The van der Waals surface area contributed by atoms with Crippen LogP contribution in [0.25, 0.3) is 32.3 Å². The zero-order valence-electron chi connectivity index (χ0n) is 16.0. The summed E-state index contributed by atoms with van der Waals surface area (Å²) < 4.78 is 0. The van der Waals surface area contributed by atoms with Gasteiger partial charge in [-0.2, -0.15) is 10.2 Å². The molecule has 0 aliphatic carbocycles. The predicted molar refractivity (Wildman–Crippen MR) is 122 cm³/mol. The minimum absolute atomic E-state index is 0.0562. The zero-order valence-corrected chi connectivity index (χ0v) is 16.0. The summed E-state index contributed by atoms with van der Waals surface area (Å²) in [6.45, 7) is 1.56. The number of rotatable bonds is 4. The molecule has 0 fully saturated rings. The van der Waals surface area contributed by atoms with E-state index in [4.69, 9.17) is 0 Å². The van der Waals surface area contributed by atoms with E-state index in [2.05, 4.69) is 64.8 Å². The van der Waals surface area contributed by atoms with Crippen molar-refractivity contribution in [2.24, 2.45) is 10.2 Å². The molecule has 0 atom stereocenters. The maximum Gasteiger partial charge on any atom is 0.159 e. The van der Waals surface area contributed by atoms with E-state index in [1.165, 1.54) is 32.3 Å². The number of hydrogen-bond donors (Lipinski definition) is 0. The van der Waals surface area contributed by atoms with Gasteiger partial charge in [-0.05, 0) is 62.5 Å². The Morgan fingerprint density at radius 2 is 1.17 bits per heavy atom. The van der Waals surface area contributed by atoms with Gasteiger partial charge in [0.15, 0.2) is 5.78 Å². The van der Waals surface area contributed by atoms with Gasteiger partial charge in [0.25, 0.3) is 0 Å². The predicted octanol–water partition coefficient (Wildman–Crippen LogP) is 6.24. The van der Waals surface area contributed by atoms with Crippen LogP contribution in [0.15, 0.2) is 89.1 Å². The Hall–Kier alpha value is -3.85. The van der Waals surface area contributed by atoms with Gasteiger partial charge in [-0.1, -0.05) is 66.7 Å². The summed E-state index contributed by atoms with van der Waals surface area (Å²) in [6, 6.07) is 26.7. The number of nitrogens with zero attached hydrogens (tertiary/aromatic N) is 2. The van der Waals surface area contributed by atoms with Crippen LogP contribution in [0.3, 0.4) is 0 Å². The lowest BCUT2D eigenvalue weighted by Crippen LogP contribution is -1.91. The molecule has 0 aliphatic heterocycles. The molecule has 29 heavy (non-hydrogen) atoms. The third kappa shape index (κ3) is 3.17. The molecule has 0 aliphatic rings. The van der Waals surface area contributed by atoms with Crippen LogP contribution in [0.2, 0.25) is 0 Å². The monoisotopic (exact) mass is 374 g/mol. The number of ketones is 1. The van der Waals surface area contributed by atoms with E-state index in [-0.39, 0.29) is 5.78 Å². The SMILES string of the molecule is CC(=O)c1ccc(/C=N/N=C/c2cc3ccc4cccc5ccc(c2)c3c45)cc1. The third-order valence-corrected chi connectivity index (χ3v) is 5.28. The Labute approximate surface area is 168 Å². The van der Waals surface area contributed by atoms with Crippen LogP contribution < -0.4 is 0 Å². The molecular weight excluding hydrogens is 356 g/mol. The molecule has 0 heterocycles. The minimum atomic E-state index is 0.0562. The van der Waals surface area contributed by atoms with Gasteiger partial charge in [0.05, 0.1) is 12.4 Å². The van der Waals surface area contributed by atoms with E-state index in [0.717, 1.165) is 11.1 Å². The van der Waals surface area contributed by atoms with E-state index in [1.807, 2.05) is 12.1 Å². The highest BCUT2D eigenvalue weighted by molar-refractivity contribution is 6.23. The van der Waals surface area contributed by atoms with Crippen molar-refractivity contribution >= 4 is 50.5 Å². The van der Waals surface area contributed by atoms with Crippen molar-refractivity contribution in [1.82, 2.24) is 0 Å². The maximum atomic E-state index is 11.3. The Morgan fingerprint density at radius 3 is 1.76 bits per heavy atom. The van der Waals surface area contributed by atoms with Crippen molar-refractivity contribution in [3.05, 3.63) is 95.6 Å². The summed E-state index contributed by atoms with van der Waals surface area (Å²) in [5, 5.41) is 15.9. The summed E-state index contributed by atoms with van der Waals surface area (Å²) >= 11 is 0. The molecule has 0 spiro atoms. The first-order chi connectivity index (χ1) is 14.2. The first-order valence-electron chi connectivity index (χ1n) is 9.54. The molecule has 0 unspecified atom stereocenters. The standard InChI is InChI=1S/C26H18N2O/c1-17(29)20-7-5-18(6-8-20)15-27-28-16-19-13-23-11-9-21-3-2-4-22-10-12-24(14-19)26(23)25(21)22/h2-16H,1H3/b27-15+,28-16+. The van der Waals surface area contributed by atoms with Gasteiger partial charge in [-0.3, -0.25) is 4.79 Å². The number of carbonyl (C=O) groups is 1. The van der Waals surface area contributed by atoms with Crippen LogP contribution in [0.1, 0.15) is 28.4 Å². The normalized spacial score (nSPS) is 12.2. The summed E-state index contributed by atoms with van der Waals surface area (Å²) in [5.41, 5.74) is 2.61. The molecule has 0 aromatic heterocycles. The second kappa shape index (κ2) is 6.95.